The number of aromatic nitrogens is 1. The van der Waals surface area contributed by atoms with E-state index in [0.717, 1.165) is 20.8 Å². The zero-order valence-electron chi connectivity index (χ0n) is 32.6. The van der Waals surface area contributed by atoms with Gasteiger partial charge in [0.15, 0.2) is 0 Å². The normalized spacial score (nSPS) is 20.6. The highest BCUT2D eigenvalue weighted by atomic mass is 32.1. The quantitative estimate of drug-likeness (QED) is 0.199. The number of alkyl carbamates (subject to hydrolysis) is 2. The Bertz CT molecular complexity index is 1950. The Hall–Kier alpha value is -5.25. The largest absolute Gasteiger partial charge is 0.453 e. The summed E-state index contributed by atoms with van der Waals surface area (Å²) in [6, 6.07) is 11.1. The molecular formula is C39H51N7O8S. The molecule has 296 valence electrons. The van der Waals surface area contributed by atoms with Crippen LogP contribution in [-0.4, -0.2) is 101 Å². The van der Waals surface area contributed by atoms with Crippen molar-refractivity contribution in [2.75, 3.05) is 37.9 Å². The average Bonchev–Trinajstić information content (AvgIpc) is 3.89. The van der Waals surface area contributed by atoms with Crippen LogP contribution in [-0.2, 0) is 28.7 Å². The molecule has 6 amide bonds. The van der Waals surface area contributed by atoms with Crippen molar-refractivity contribution in [3.05, 3.63) is 42.5 Å². The summed E-state index contributed by atoms with van der Waals surface area (Å²) < 4.78 is 10.3. The first-order valence-electron chi connectivity index (χ1n) is 18.5. The van der Waals surface area contributed by atoms with E-state index < -0.39 is 35.3 Å². The lowest BCUT2D eigenvalue weighted by Gasteiger charge is -2.37. The highest BCUT2D eigenvalue weighted by Gasteiger charge is 2.49. The van der Waals surface area contributed by atoms with Crippen LogP contribution in [0.5, 0.6) is 0 Å². The summed E-state index contributed by atoms with van der Waals surface area (Å²) in [6.07, 6.45) is 0.821. The molecule has 0 saturated carbocycles. The molecule has 3 heterocycles. The van der Waals surface area contributed by atoms with Gasteiger partial charge in [-0.3, -0.25) is 19.2 Å². The summed E-state index contributed by atoms with van der Waals surface area (Å²) in [5.41, 5.74) is 0.467. The number of ether oxygens (including phenoxy) is 2. The van der Waals surface area contributed by atoms with Crippen molar-refractivity contribution >= 4 is 68.7 Å². The van der Waals surface area contributed by atoms with E-state index >= 15 is 0 Å². The second kappa shape index (κ2) is 16.6. The van der Waals surface area contributed by atoms with Crippen molar-refractivity contribution in [2.24, 2.45) is 11.8 Å². The van der Waals surface area contributed by atoms with Crippen molar-refractivity contribution in [2.45, 2.75) is 90.4 Å². The van der Waals surface area contributed by atoms with Crippen LogP contribution >= 0.6 is 11.3 Å². The number of fused-ring (bicyclic) bond motifs is 1. The lowest BCUT2D eigenvalue weighted by molar-refractivity contribution is -0.144. The summed E-state index contributed by atoms with van der Waals surface area (Å²) in [5, 5.41) is 11.9. The second-order valence-corrected chi connectivity index (χ2v) is 16.2. The highest BCUT2D eigenvalue weighted by molar-refractivity contribution is 7.21. The molecule has 4 unspecified atom stereocenters. The summed E-state index contributed by atoms with van der Waals surface area (Å²) in [7, 11) is 2.47. The Labute approximate surface area is 324 Å². The molecule has 2 saturated heterocycles. The average molecular weight is 778 g/mol. The maximum Gasteiger partial charge on any atom is 0.407 e. The third-order valence-corrected chi connectivity index (χ3v) is 11.7. The number of likely N-dealkylation sites (tertiary alicyclic amines) is 2. The van der Waals surface area contributed by atoms with E-state index in [0.29, 0.717) is 50.1 Å². The number of benzene rings is 2. The number of hydrogen-bond acceptors (Lipinski definition) is 10. The zero-order valence-corrected chi connectivity index (χ0v) is 33.4. The maximum atomic E-state index is 13.8. The van der Waals surface area contributed by atoms with E-state index in [-0.39, 0.29) is 35.5 Å². The van der Waals surface area contributed by atoms with E-state index in [4.69, 9.17) is 14.5 Å². The lowest BCUT2D eigenvalue weighted by Crippen LogP contribution is -2.59. The number of amides is 6. The van der Waals surface area contributed by atoms with Crippen molar-refractivity contribution in [1.82, 2.24) is 25.4 Å². The molecule has 4 N–H and O–H groups in total. The number of anilines is 2. The number of methoxy groups -OCH3 is 2. The van der Waals surface area contributed by atoms with Gasteiger partial charge in [0, 0.05) is 30.0 Å². The van der Waals surface area contributed by atoms with Crippen molar-refractivity contribution < 1.29 is 38.2 Å². The molecule has 16 heteroatoms. The van der Waals surface area contributed by atoms with Gasteiger partial charge in [0.2, 0.25) is 23.6 Å². The van der Waals surface area contributed by atoms with Gasteiger partial charge in [-0.1, -0.05) is 27.7 Å². The fraction of sp³-hybridized carbons (Fsp3) is 0.513. The third kappa shape index (κ3) is 8.53. The molecule has 55 heavy (non-hydrogen) atoms. The van der Waals surface area contributed by atoms with Crippen LogP contribution in [0.2, 0.25) is 0 Å². The minimum absolute atomic E-state index is 0.217. The van der Waals surface area contributed by atoms with Gasteiger partial charge in [0.25, 0.3) is 0 Å². The number of rotatable bonds is 11. The second-order valence-electron chi connectivity index (χ2n) is 15.1. The van der Waals surface area contributed by atoms with Gasteiger partial charge < -0.3 is 40.5 Å². The Morgan fingerprint density at radius 2 is 1.16 bits per heavy atom. The number of nitrogens with zero attached hydrogens (tertiary/aromatic N) is 3. The first-order valence-corrected chi connectivity index (χ1v) is 19.3. The van der Waals surface area contributed by atoms with Crippen LogP contribution in [0.15, 0.2) is 42.5 Å². The van der Waals surface area contributed by atoms with Crippen LogP contribution in [0.1, 0.15) is 67.2 Å². The van der Waals surface area contributed by atoms with Crippen LogP contribution in [0.4, 0.5) is 21.0 Å². The standard InChI is InChI=1S/C39H51N7O8S/c1-22(2)29(43-36(51)53-7)32(47)45-19-9-17-38(45,5)34(49)40-25-13-11-24(12-14-25)31-42-27-16-15-26(21-28(27)55-31)41-35(50)39(6)18-10-20-46(39)33(48)30(23(3)4)44-37(52)54-8/h11-16,21-23,29-30H,9-10,17-20H2,1-8H3,(H,40,49)(H,41,50)(H,43,51)(H,44,52). The van der Waals surface area contributed by atoms with Crippen LogP contribution in [0.25, 0.3) is 20.8 Å². The van der Waals surface area contributed by atoms with Crippen molar-refractivity contribution in [3.8, 4) is 10.6 Å². The summed E-state index contributed by atoms with van der Waals surface area (Å²) in [6.45, 7) is 11.6. The highest BCUT2D eigenvalue weighted by Crippen LogP contribution is 2.36. The molecule has 2 aliphatic rings. The molecule has 1 aromatic heterocycles. The van der Waals surface area contributed by atoms with Gasteiger partial charge in [0.05, 0.1) is 24.4 Å². The fourth-order valence-electron chi connectivity index (χ4n) is 7.19. The maximum absolute atomic E-state index is 13.8. The smallest absolute Gasteiger partial charge is 0.407 e. The number of carbonyl (C=O) groups excluding carboxylic acids is 6. The first kappa shape index (κ1) is 40.9. The van der Waals surface area contributed by atoms with Crippen LogP contribution in [0, 0.1) is 11.8 Å². The van der Waals surface area contributed by atoms with Crippen LogP contribution in [0.3, 0.4) is 0 Å². The first-order chi connectivity index (χ1) is 26.0. The van der Waals surface area contributed by atoms with Gasteiger partial charge in [0.1, 0.15) is 28.2 Å². The van der Waals surface area contributed by atoms with E-state index in [2.05, 4.69) is 21.3 Å². The van der Waals surface area contributed by atoms with Gasteiger partial charge in [-0.05, 0) is 93.8 Å². The molecular weight excluding hydrogens is 727 g/mol. The number of thiazole rings is 1. The zero-order chi connectivity index (χ0) is 40.2. The Balaban J connectivity index is 1.26. The number of nitrogens with one attached hydrogen (secondary N) is 4. The minimum Gasteiger partial charge on any atom is -0.453 e. The van der Waals surface area contributed by atoms with Crippen LogP contribution < -0.4 is 21.3 Å². The predicted octanol–water partition coefficient (Wildman–Crippen LogP) is 5.36. The Morgan fingerprint density at radius 1 is 0.709 bits per heavy atom. The summed E-state index contributed by atoms with van der Waals surface area (Å²) in [5.74, 6) is -1.75. The van der Waals surface area contributed by atoms with E-state index in [1.165, 1.54) is 25.6 Å². The topological polar surface area (TPSA) is 188 Å². The van der Waals surface area contributed by atoms with E-state index in [1.54, 1.807) is 41.8 Å². The summed E-state index contributed by atoms with van der Waals surface area (Å²) in [4.78, 5) is 86.4. The Morgan fingerprint density at radius 3 is 1.62 bits per heavy atom. The molecule has 0 spiro atoms. The summed E-state index contributed by atoms with van der Waals surface area (Å²) >= 11 is 1.45. The number of carbonyl (C=O) groups is 6. The van der Waals surface area contributed by atoms with Gasteiger partial charge in [-0.2, -0.15) is 0 Å². The van der Waals surface area contributed by atoms with Gasteiger partial charge in [-0.15, -0.1) is 11.3 Å². The molecule has 5 rings (SSSR count). The molecule has 0 bridgehead atoms. The van der Waals surface area contributed by atoms with Gasteiger partial charge >= 0.3 is 12.2 Å². The monoisotopic (exact) mass is 777 g/mol. The molecule has 2 aliphatic heterocycles. The Kier molecular flexibility index (Phi) is 12.4. The molecule has 4 atom stereocenters. The molecule has 2 aromatic carbocycles. The molecule has 15 nitrogen and oxygen atoms in total. The van der Waals surface area contributed by atoms with E-state index in [1.807, 2.05) is 52.0 Å². The number of hydrogen-bond donors (Lipinski definition) is 4. The molecule has 0 radical (unpaired) electrons. The predicted molar refractivity (Wildman–Crippen MR) is 209 cm³/mol. The van der Waals surface area contributed by atoms with Gasteiger partial charge in [-0.25, -0.2) is 14.6 Å². The third-order valence-electron chi connectivity index (χ3n) is 10.6. The SMILES string of the molecule is COC(=O)NC(C(=O)N1CCCC1(C)C(=O)Nc1ccc(-c2nc3ccc(NC(=O)C4(C)CCCN4C(=O)C(NC(=O)OC)C(C)C)cc3s2)cc1)C(C)C. The molecule has 2 fully saturated rings. The molecule has 3 aromatic rings. The molecule has 0 aliphatic carbocycles. The van der Waals surface area contributed by atoms with Crippen molar-refractivity contribution in [1.29, 1.82) is 0 Å². The lowest BCUT2D eigenvalue weighted by atomic mass is 9.95. The van der Waals surface area contributed by atoms with Crippen molar-refractivity contribution in [3.63, 3.8) is 0 Å². The fourth-order valence-corrected chi connectivity index (χ4v) is 8.20. The minimum atomic E-state index is -1.12. The van der Waals surface area contributed by atoms with E-state index in [9.17, 15) is 28.8 Å².